The molecule has 0 saturated carbocycles. The van der Waals surface area contributed by atoms with Crippen LogP contribution in [0.2, 0.25) is 0 Å². The smallest absolute Gasteiger partial charge is 0.00712 e. The third-order valence-corrected chi connectivity index (χ3v) is 8.69. The zero-order valence-corrected chi connectivity index (χ0v) is 12.0. The summed E-state index contributed by atoms with van der Waals surface area (Å²) in [6.07, 6.45) is 0. The first-order valence-corrected chi connectivity index (χ1v) is 10.3. The molecule has 2 aliphatic rings. The predicted molar refractivity (Wildman–Crippen MR) is 75.1 cm³/mol. The third kappa shape index (κ3) is 2.74. The van der Waals surface area contributed by atoms with Crippen LogP contribution < -0.4 is 0 Å². The van der Waals surface area contributed by atoms with E-state index >= 15 is 0 Å². The Hall–Kier alpha value is 1.40. The number of hydrogen-bond donors (Lipinski definition) is 0. The lowest BCUT2D eigenvalue weighted by Gasteiger charge is -2.29. The van der Waals surface area contributed by atoms with Crippen LogP contribution in [-0.4, -0.2) is 23.0 Å². The molecule has 0 amide bonds. The number of rotatable bonds is 0. The molecular weight excluding hydrogens is 248 g/mol. The molecule has 4 unspecified atom stereocenters. The minimum Gasteiger partial charge on any atom is -0.0939 e. The van der Waals surface area contributed by atoms with Crippen molar-refractivity contribution in [2.75, 3.05) is 23.0 Å². The SMILES string of the molecule is CC1CSSCC2C(C)CSSCC12. The van der Waals surface area contributed by atoms with E-state index < -0.39 is 0 Å². The highest BCUT2D eigenvalue weighted by atomic mass is 33.1. The van der Waals surface area contributed by atoms with E-state index in [4.69, 9.17) is 0 Å². The predicted octanol–water partition coefficient (Wildman–Crippen LogP) is 4.28. The zero-order chi connectivity index (χ0) is 9.97. The molecule has 0 aromatic rings. The maximum atomic E-state index is 2.46. The highest BCUT2D eigenvalue weighted by Crippen LogP contribution is 2.47. The van der Waals surface area contributed by atoms with Crippen LogP contribution in [0.25, 0.3) is 0 Å². The Labute approximate surface area is 103 Å². The molecule has 0 N–H and O–H groups in total. The summed E-state index contributed by atoms with van der Waals surface area (Å²) in [5, 5.41) is 0. The van der Waals surface area contributed by atoms with Gasteiger partial charge >= 0.3 is 0 Å². The lowest BCUT2D eigenvalue weighted by Crippen LogP contribution is -2.29. The molecule has 0 bridgehead atoms. The van der Waals surface area contributed by atoms with E-state index in [0.717, 1.165) is 23.7 Å². The summed E-state index contributed by atoms with van der Waals surface area (Å²) in [7, 11) is 8.43. The van der Waals surface area contributed by atoms with Crippen molar-refractivity contribution in [3.63, 3.8) is 0 Å². The molecule has 4 atom stereocenters. The molecule has 2 saturated heterocycles. The molecule has 0 aromatic heterocycles. The van der Waals surface area contributed by atoms with Gasteiger partial charge in [0.05, 0.1) is 0 Å². The van der Waals surface area contributed by atoms with Crippen LogP contribution in [0.5, 0.6) is 0 Å². The van der Waals surface area contributed by atoms with Gasteiger partial charge in [-0.3, -0.25) is 0 Å². The topological polar surface area (TPSA) is 0 Å². The van der Waals surface area contributed by atoms with Crippen molar-refractivity contribution in [2.45, 2.75) is 13.8 Å². The summed E-state index contributed by atoms with van der Waals surface area (Å²) < 4.78 is 0. The van der Waals surface area contributed by atoms with E-state index in [1.807, 2.05) is 0 Å². The monoisotopic (exact) mass is 266 g/mol. The Morgan fingerprint density at radius 2 is 1.00 bits per heavy atom. The second-order valence-electron chi connectivity index (χ2n) is 4.42. The van der Waals surface area contributed by atoms with Crippen LogP contribution in [0.3, 0.4) is 0 Å². The highest BCUT2D eigenvalue weighted by Gasteiger charge is 2.34. The van der Waals surface area contributed by atoms with Gasteiger partial charge in [0.25, 0.3) is 0 Å². The van der Waals surface area contributed by atoms with E-state index in [0.29, 0.717) is 0 Å². The van der Waals surface area contributed by atoms with Gasteiger partial charge in [-0.2, -0.15) is 0 Å². The van der Waals surface area contributed by atoms with Crippen molar-refractivity contribution in [1.82, 2.24) is 0 Å². The Morgan fingerprint density at radius 3 is 1.43 bits per heavy atom. The maximum absolute atomic E-state index is 2.46. The maximum Gasteiger partial charge on any atom is 0.00712 e. The van der Waals surface area contributed by atoms with Gasteiger partial charge in [0, 0.05) is 23.0 Å². The largest absolute Gasteiger partial charge is 0.0939 e. The number of hydrogen-bond acceptors (Lipinski definition) is 4. The number of fused-ring (bicyclic) bond motifs is 1. The molecule has 82 valence electrons. The first kappa shape index (κ1) is 11.9. The van der Waals surface area contributed by atoms with E-state index in [9.17, 15) is 0 Å². The zero-order valence-electron chi connectivity index (χ0n) is 8.77. The molecule has 0 nitrogen and oxygen atoms in total. The van der Waals surface area contributed by atoms with Crippen LogP contribution in [0.1, 0.15) is 13.8 Å². The Morgan fingerprint density at radius 1 is 0.643 bits per heavy atom. The van der Waals surface area contributed by atoms with Gasteiger partial charge in [0.2, 0.25) is 0 Å². The summed E-state index contributed by atoms with van der Waals surface area (Å²) >= 11 is 0. The fourth-order valence-electron chi connectivity index (χ4n) is 2.23. The summed E-state index contributed by atoms with van der Waals surface area (Å²) in [5.74, 6) is 9.32. The standard InChI is InChI=1S/C10H18S4/c1-7-3-11-14-6-10-8(2)4-12-13-5-9(7)10/h7-10H,3-6H2,1-2H3. The van der Waals surface area contributed by atoms with Gasteiger partial charge in [0.15, 0.2) is 0 Å². The van der Waals surface area contributed by atoms with Crippen molar-refractivity contribution in [3.8, 4) is 0 Å². The fraction of sp³-hybridized carbons (Fsp3) is 1.00. The van der Waals surface area contributed by atoms with Gasteiger partial charge in [-0.25, -0.2) is 0 Å². The minimum atomic E-state index is 0.925. The van der Waals surface area contributed by atoms with Crippen molar-refractivity contribution in [3.05, 3.63) is 0 Å². The van der Waals surface area contributed by atoms with Gasteiger partial charge in [0.1, 0.15) is 0 Å². The van der Waals surface area contributed by atoms with Crippen LogP contribution >= 0.6 is 43.2 Å². The molecular formula is C10H18S4. The Balaban J connectivity index is 2.10. The van der Waals surface area contributed by atoms with Crippen molar-refractivity contribution < 1.29 is 0 Å². The van der Waals surface area contributed by atoms with Crippen LogP contribution in [0.15, 0.2) is 0 Å². The molecule has 2 rings (SSSR count). The van der Waals surface area contributed by atoms with Crippen molar-refractivity contribution >= 4 is 43.2 Å². The van der Waals surface area contributed by atoms with E-state index in [2.05, 4.69) is 57.0 Å². The summed E-state index contributed by atoms with van der Waals surface area (Å²) in [6, 6.07) is 0. The van der Waals surface area contributed by atoms with Crippen LogP contribution in [0, 0.1) is 23.7 Å². The van der Waals surface area contributed by atoms with Crippen LogP contribution in [0.4, 0.5) is 0 Å². The molecule has 0 spiro atoms. The van der Waals surface area contributed by atoms with E-state index in [1.165, 1.54) is 23.0 Å². The highest BCUT2D eigenvalue weighted by molar-refractivity contribution is 8.77. The lowest BCUT2D eigenvalue weighted by atomic mass is 9.79. The van der Waals surface area contributed by atoms with Crippen molar-refractivity contribution in [1.29, 1.82) is 0 Å². The van der Waals surface area contributed by atoms with Gasteiger partial charge in [-0.05, 0) is 23.7 Å². The summed E-state index contributed by atoms with van der Waals surface area (Å²) in [5.41, 5.74) is 0. The Bertz CT molecular complexity index is 165. The average Bonchev–Trinajstić information content (AvgIpc) is 2.45. The first-order valence-electron chi connectivity index (χ1n) is 5.28. The summed E-state index contributed by atoms with van der Waals surface area (Å²) in [4.78, 5) is 0. The second-order valence-corrected chi connectivity index (χ2v) is 9.52. The second kappa shape index (κ2) is 5.65. The van der Waals surface area contributed by atoms with Gasteiger partial charge < -0.3 is 0 Å². The van der Waals surface area contributed by atoms with E-state index in [1.54, 1.807) is 0 Å². The quantitative estimate of drug-likeness (QED) is 0.600. The summed E-state index contributed by atoms with van der Waals surface area (Å²) in [6.45, 7) is 4.92. The fourth-order valence-corrected chi connectivity index (χ4v) is 8.39. The lowest BCUT2D eigenvalue weighted by molar-refractivity contribution is 0.254. The van der Waals surface area contributed by atoms with Crippen LogP contribution in [-0.2, 0) is 0 Å². The minimum absolute atomic E-state index is 0.925. The molecule has 14 heavy (non-hydrogen) atoms. The normalized spacial score (nSPS) is 45.0. The van der Waals surface area contributed by atoms with Crippen molar-refractivity contribution in [2.24, 2.45) is 23.7 Å². The average molecular weight is 267 g/mol. The van der Waals surface area contributed by atoms with Gasteiger partial charge in [-0.15, -0.1) is 0 Å². The molecule has 4 heteroatoms. The van der Waals surface area contributed by atoms with Gasteiger partial charge in [-0.1, -0.05) is 57.0 Å². The molecule has 2 aliphatic heterocycles. The van der Waals surface area contributed by atoms with E-state index in [-0.39, 0.29) is 0 Å². The molecule has 0 radical (unpaired) electrons. The molecule has 2 heterocycles. The molecule has 2 fully saturated rings. The Kier molecular flexibility index (Phi) is 4.79. The molecule has 0 aliphatic carbocycles. The third-order valence-electron chi connectivity index (χ3n) is 3.36. The molecule has 0 aromatic carbocycles. The first-order chi connectivity index (χ1) is 6.79.